The van der Waals surface area contributed by atoms with Gasteiger partial charge in [-0.3, -0.25) is 0 Å². The van der Waals surface area contributed by atoms with Gasteiger partial charge in [-0.1, -0.05) is 30.7 Å². The van der Waals surface area contributed by atoms with E-state index in [0.29, 0.717) is 11.4 Å². The third-order valence-electron chi connectivity index (χ3n) is 6.45. The summed E-state index contributed by atoms with van der Waals surface area (Å²) in [6.07, 6.45) is 3.97. The molecule has 0 saturated carbocycles. The molecule has 3 heterocycles. The molecular weight excluding hydrogens is 394 g/mol. The van der Waals surface area contributed by atoms with Gasteiger partial charge in [0.2, 0.25) is 10.0 Å². The Morgan fingerprint density at radius 3 is 2.63 bits per heavy atom. The lowest BCUT2D eigenvalue weighted by atomic mass is 10.00. The lowest BCUT2D eigenvalue weighted by Crippen LogP contribution is -2.41. The maximum Gasteiger partial charge on any atom is 0.243 e. The molecule has 0 bridgehead atoms. The van der Waals surface area contributed by atoms with E-state index in [1.54, 1.807) is 16.4 Å². The highest BCUT2D eigenvalue weighted by molar-refractivity contribution is 7.89. The Labute approximate surface area is 178 Å². The lowest BCUT2D eigenvalue weighted by Gasteiger charge is -2.32. The normalized spacial score (nSPS) is 20.3. The summed E-state index contributed by atoms with van der Waals surface area (Å²) >= 11 is 0. The van der Waals surface area contributed by atoms with E-state index in [2.05, 4.69) is 29.2 Å². The van der Waals surface area contributed by atoms with Gasteiger partial charge in [-0.15, -0.1) is 0 Å². The van der Waals surface area contributed by atoms with Crippen LogP contribution in [0.15, 0.2) is 59.5 Å². The van der Waals surface area contributed by atoms with Crippen molar-refractivity contribution >= 4 is 26.7 Å². The van der Waals surface area contributed by atoms with Gasteiger partial charge in [0.15, 0.2) is 0 Å². The van der Waals surface area contributed by atoms with Crippen LogP contribution in [0.2, 0.25) is 0 Å². The van der Waals surface area contributed by atoms with Crippen LogP contribution in [0.1, 0.15) is 37.3 Å². The molecule has 2 aromatic carbocycles. The highest BCUT2D eigenvalue weighted by atomic mass is 32.2. The van der Waals surface area contributed by atoms with Gasteiger partial charge in [-0.25, -0.2) is 13.4 Å². The molecule has 0 aliphatic carbocycles. The van der Waals surface area contributed by atoms with Crippen molar-refractivity contribution in [1.29, 1.82) is 0 Å². The summed E-state index contributed by atoms with van der Waals surface area (Å²) < 4.78 is 28.0. The largest absolute Gasteiger partial charge is 0.352 e. The molecule has 30 heavy (non-hydrogen) atoms. The number of anilines is 1. The lowest BCUT2D eigenvalue weighted by molar-refractivity contribution is 0.268. The first-order chi connectivity index (χ1) is 14.5. The number of sulfonamides is 1. The molecule has 6 heteroatoms. The highest BCUT2D eigenvalue weighted by Crippen LogP contribution is 2.29. The fourth-order valence-corrected chi connectivity index (χ4v) is 6.42. The molecule has 0 N–H and O–H groups in total. The SMILES string of the molecule is C[C@@H]1CCCCN1S(=O)(=O)c1ccc2nc(N3CCc4ccccc4C3)ccc2c1. The summed E-state index contributed by atoms with van der Waals surface area (Å²) in [5.74, 6) is 0.942. The van der Waals surface area contributed by atoms with Crippen LogP contribution in [0.5, 0.6) is 0 Å². The molecule has 1 aromatic heterocycles. The van der Waals surface area contributed by atoms with Crippen LogP contribution in [0.25, 0.3) is 10.9 Å². The average Bonchev–Trinajstić information content (AvgIpc) is 2.78. The first-order valence-corrected chi connectivity index (χ1v) is 12.2. The summed E-state index contributed by atoms with van der Waals surface area (Å²) in [7, 11) is -3.47. The van der Waals surface area contributed by atoms with Gasteiger partial charge < -0.3 is 4.90 Å². The van der Waals surface area contributed by atoms with E-state index in [9.17, 15) is 8.42 Å². The highest BCUT2D eigenvalue weighted by Gasteiger charge is 2.31. The Bertz CT molecular complexity index is 1190. The maximum absolute atomic E-state index is 13.2. The third kappa shape index (κ3) is 3.48. The first-order valence-electron chi connectivity index (χ1n) is 10.8. The Kier molecular flexibility index (Phi) is 4.99. The number of benzene rings is 2. The number of hydrogen-bond donors (Lipinski definition) is 0. The Morgan fingerprint density at radius 1 is 0.967 bits per heavy atom. The van der Waals surface area contributed by atoms with Gasteiger partial charge in [-0.2, -0.15) is 4.31 Å². The number of fused-ring (bicyclic) bond motifs is 2. The van der Waals surface area contributed by atoms with E-state index >= 15 is 0 Å². The minimum Gasteiger partial charge on any atom is -0.352 e. The fourth-order valence-electron chi connectivity index (χ4n) is 4.68. The number of nitrogens with zero attached hydrogens (tertiary/aromatic N) is 3. The number of piperidine rings is 1. The van der Waals surface area contributed by atoms with Crippen LogP contribution in [0, 0.1) is 0 Å². The van der Waals surface area contributed by atoms with Crippen molar-refractivity contribution in [3.63, 3.8) is 0 Å². The number of rotatable bonds is 3. The molecule has 0 unspecified atom stereocenters. The summed E-state index contributed by atoms with van der Waals surface area (Å²) in [5.41, 5.74) is 3.59. The predicted octanol–water partition coefficient (Wildman–Crippen LogP) is 4.36. The van der Waals surface area contributed by atoms with Gasteiger partial charge in [-0.05, 0) is 67.6 Å². The summed E-state index contributed by atoms with van der Waals surface area (Å²) in [4.78, 5) is 7.50. The first kappa shape index (κ1) is 19.5. The van der Waals surface area contributed by atoms with Gasteiger partial charge in [0, 0.05) is 31.1 Å². The summed E-state index contributed by atoms with van der Waals surface area (Å²) in [6, 6.07) is 18.0. The van der Waals surface area contributed by atoms with Crippen molar-refractivity contribution in [2.45, 2.75) is 50.1 Å². The van der Waals surface area contributed by atoms with Crippen LogP contribution >= 0.6 is 0 Å². The quantitative estimate of drug-likeness (QED) is 0.631. The predicted molar refractivity (Wildman–Crippen MR) is 120 cm³/mol. The average molecular weight is 422 g/mol. The molecule has 2 aliphatic heterocycles. The standard InChI is InChI=1S/C24H27N3O2S/c1-18-6-4-5-14-27(18)30(28,29)22-10-11-23-20(16-22)9-12-24(25-23)26-15-13-19-7-2-3-8-21(19)17-26/h2-3,7-12,16,18H,4-6,13-15,17H2,1H3/t18-/m1/s1. The van der Waals surface area contributed by atoms with Crippen molar-refractivity contribution in [2.24, 2.45) is 0 Å². The zero-order chi connectivity index (χ0) is 20.7. The van der Waals surface area contributed by atoms with Gasteiger partial charge in [0.25, 0.3) is 0 Å². The van der Waals surface area contributed by atoms with E-state index in [4.69, 9.17) is 4.98 Å². The number of hydrogen-bond acceptors (Lipinski definition) is 4. The van der Waals surface area contributed by atoms with Crippen LogP contribution < -0.4 is 4.90 Å². The van der Waals surface area contributed by atoms with E-state index in [0.717, 1.165) is 55.5 Å². The molecule has 0 amide bonds. The topological polar surface area (TPSA) is 53.5 Å². The molecule has 5 rings (SSSR count). The van der Waals surface area contributed by atoms with Crippen molar-refractivity contribution in [2.75, 3.05) is 18.0 Å². The summed E-state index contributed by atoms with van der Waals surface area (Å²) in [6.45, 7) is 4.40. The molecule has 1 fully saturated rings. The molecule has 156 valence electrons. The van der Waals surface area contributed by atoms with Crippen LogP contribution in [-0.4, -0.2) is 36.8 Å². The van der Waals surface area contributed by atoms with Gasteiger partial charge >= 0.3 is 0 Å². The Hall–Kier alpha value is -2.44. The van der Waals surface area contributed by atoms with Crippen molar-refractivity contribution in [3.05, 3.63) is 65.7 Å². The monoisotopic (exact) mass is 421 g/mol. The maximum atomic E-state index is 13.2. The molecule has 1 saturated heterocycles. The summed E-state index contributed by atoms with van der Waals surface area (Å²) in [5, 5.41) is 0.863. The van der Waals surface area contributed by atoms with Gasteiger partial charge in [0.1, 0.15) is 5.82 Å². The van der Waals surface area contributed by atoms with Crippen molar-refractivity contribution < 1.29 is 8.42 Å². The van der Waals surface area contributed by atoms with E-state index in [1.807, 2.05) is 25.1 Å². The number of pyridine rings is 1. The molecule has 2 aliphatic rings. The molecule has 0 radical (unpaired) electrons. The van der Waals surface area contributed by atoms with E-state index in [1.165, 1.54) is 11.1 Å². The number of aromatic nitrogens is 1. The second-order valence-electron chi connectivity index (χ2n) is 8.42. The Morgan fingerprint density at radius 2 is 1.80 bits per heavy atom. The third-order valence-corrected chi connectivity index (χ3v) is 8.46. The Balaban J connectivity index is 1.43. The van der Waals surface area contributed by atoms with Crippen LogP contribution in [0.4, 0.5) is 5.82 Å². The van der Waals surface area contributed by atoms with E-state index < -0.39 is 10.0 Å². The van der Waals surface area contributed by atoms with Crippen LogP contribution in [-0.2, 0) is 23.0 Å². The smallest absolute Gasteiger partial charge is 0.243 e. The molecule has 3 aromatic rings. The van der Waals surface area contributed by atoms with E-state index in [-0.39, 0.29) is 6.04 Å². The molecule has 5 nitrogen and oxygen atoms in total. The second kappa shape index (κ2) is 7.67. The molecular formula is C24H27N3O2S. The minimum atomic E-state index is -3.47. The molecule has 0 spiro atoms. The fraction of sp³-hybridized carbons (Fsp3) is 0.375. The zero-order valence-electron chi connectivity index (χ0n) is 17.3. The van der Waals surface area contributed by atoms with Crippen molar-refractivity contribution in [1.82, 2.24) is 9.29 Å². The van der Waals surface area contributed by atoms with Gasteiger partial charge in [0.05, 0.1) is 10.4 Å². The molecule has 1 atom stereocenters. The zero-order valence-corrected chi connectivity index (χ0v) is 18.1. The second-order valence-corrected chi connectivity index (χ2v) is 10.3. The van der Waals surface area contributed by atoms with Crippen molar-refractivity contribution in [3.8, 4) is 0 Å². The van der Waals surface area contributed by atoms with Crippen LogP contribution in [0.3, 0.4) is 0 Å². The minimum absolute atomic E-state index is 0.0573.